The summed E-state index contributed by atoms with van der Waals surface area (Å²) in [7, 11) is 0. The van der Waals surface area contributed by atoms with Crippen molar-refractivity contribution >= 4 is 11.7 Å². The third-order valence-corrected chi connectivity index (χ3v) is 2.26. The van der Waals surface area contributed by atoms with Gasteiger partial charge in [-0.3, -0.25) is 14.9 Å². The van der Waals surface area contributed by atoms with E-state index in [0.717, 1.165) is 5.56 Å². The van der Waals surface area contributed by atoms with Crippen LogP contribution in [0.4, 0.5) is 5.69 Å². The molecule has 0 unspecified atom stereocenters. The lowest BCUT2D eigenvalue weighted by molar-refractivity contribution is -0.384. The standard InChI is InChI=1S/C12H16N2O4/c1-2-18-12(15)6-7-13-9-10-4-3-5-11(8-10)14(16)17/h3-5,8,13H,2,6-7,9H2,1H3. The van der Waals surface area contributed by atoms with Crippen LogP contribution in [0, 0.1) is 10.1 Å². The van der Waals surface area contributed by atoms with E-state index in [1.807, 2.05) is 0 Å². The van der Waals surface area contributed by atoms with E-state index in [-0.39, 0.29) is 11.7 Å². The maximum atomic E-state index is 11.0. The van der Waals surface area contributed by atoms with Crippen LogP contribution in [0.2, 0.25) is 0 Å². The van der Waals surface area contributed by atoms with E-state index in [0.29, 0.717) is 26.1 Å². The Hall–Kier alpha value is -1.95. The molecule has 0 atom stereocenters. The predicted molar refractivity (Wildman–Crippen MR) is 66.1 cm³/mol. The van der Waals surface area contributed by atoms with Crippen molar-refractivity contribution in [1.29, 1.82) is 0 Å². The number of hydrogen-bond acceptors (Lipinski definition) is 5. The number of benzene rings is 1. The van der Waals surface area contributed by atoms with Gasteiger partial charge < -0.3 is 10.1 Å². The summed E-state index contributed by atoms with van der Waals surface area (Å²) >= 11 is 0. The summed E-state index contributed by atoms with van der Waals surface area (Å²) in [5.74, 6) is -0.246. The molecule has 1 aromatic rings. The van der Waals surface area contributed by atoms with Gasteiger partial charge in [-0.2, -0.15) is 0 Å². The van der Waals surface area contributed by atoms with E-state index in [1.54, 1.807) is 19.1 Å². The van der Waals surface area contributed by atoms with E-state index in [2.05, 4.69) is 5.32 Å². The Morgan fingerprint density at radius 1 is 1.50 bits per heavy atom. The van der Waals surface area contributed by atoms with Crippen molar-refractivity contribution in [2.75, 3.05) is 13.2 Å². The van der Waals surface area contributed by atoms with Gasteiger partial charge in [-0.25, -0.2) is 0 Å². The number of nitro groups is 1. The minimum atomic E-state index is -0.428. The van der Waals surface area contributed by atoms with Crippen LogP contribution >= 0.6 is 0 Å². The van der Waals surface area contributed by atoms with Crippen molar-refractivity contribution in [3.8, 4) is 0 Å². The molecule has 0 spiro atoms. The number of carbonyl (C=O) groups excluding carboxylic acids is 1. The number of ether oxygens (including phenoxy) is 1. The first-order valence-electron chi connectivity index (χ1n) is 5.73. The van der Waals surface area contributed by atoms with Crippen molar-refractivity contribution in [1.82, 2.24) is 5.32 Å². The molecule has 18 heavy (non-hydrogen) atoms. The molecule has 0 radical (unpaired) electrons. The van der Waals surface area contributed by atoms with Crippen LogP contribution in [-0.2, 0) is 16.1 Å². The van der Waals surface area contributed by atoms with Crippen LogP contribution in [0.5, 0.6) is 0 Å². The Kier molecular flexibility index (Phi) is 5.79. The van der Waals surface area contributed by atoms with Crippen LogP contribution in [0.25, 0.3) is 0 Å². The lowest BCUT2D eigenvalue weighted by atomic mass is 10.2. The number of nitro benzene ring substituents is 1. The second kappa shape index (κ2) is 7.39. The number of non-ortho nitro benzene ring substituents is 1. The van der Waals surface area contributed by atoms with Crippen LogP contribution in [-0.4, -0.2) is 24.0 Å². The summed E-state index contributed by atoms with van der Waals surface area (Å²) in [6.45, 7) is 3.11. The Morgan fingerprint density at radius 3 is 2.94 bits per heavy atom. The molecule has 1 N–H and O–H groups in total. The Labute approximate surface area is 105 Å². The Morgan fingerprint density at radius 2 is 2.28 bits per heavy atom. The molecule has 0 amide bonds. The number of hydrogen-bond donors (Lipinski definition) is 1. The molecule has 98 valence electrons. The predicted octanol–water partition coefficient (Wildman–Crippen LogP) is 1.64. The topological polar surface area (TPSA) is 81.5 Å². The molecule has 6 nitrogen and oxygen atoms in total. The van der Waals surface area contributed by atoms with Crippen molar-refractivity contribution < 1.29 is 14.5 Å². The molecule has 0 aliphatic carbocycles. The van der Waals surface area contributed by atoms with E-state index in [4.69, 9.17) is 4.74 Å². The largest absolute Gasteiger partial charge is 0.466 e. The number of esters is 1. The molecule has 0 saturated carbocycles. The third kappa shape index (κ3) is 4.92. The molecule has 1 rings (SSSR count). The van der Waals surface area contributed by atoms with Crippen molar-refractivity contribution in [2.24, 2.45) is 0 Å². The average Bonchev–Trinajstić information content (AvgIpc) is 2.35. The fourth-order valence-electron chi connectivity index (χ4n) is 1.44. The highest BCUT2D eigenvalue weighted by Gasteiger charge is 2.05. The van der Waals surface area contributed by atoms with Gasteiger partial charge in [0, 0.05) is 25.2 Å². The second-order valence-corrected chi connectivity index (χ2v) is 3.66. The Balaban J connectivity index is 2.33. The molecular weight excluding hydrogens is 236 g/mol. The highest BCUT2D eigenvalue weighted by molar-refractivity contribution is 5.69. The molecule has 6 heteroatoms. The molecular formula is C12H16N2O4. The molecule has 0 aliphatic rings. The fraction of sp³-hybridized carbons (Fsp3) is 0.417. The van der Waals surface area contributed by atoms with E-state index < -0.39 is 4.92 Å². The van der Waals surface area contributed by atoms with Gasteiger partial charge in [0.25, 0.3) is 5.69 Å². The number of rotatable bonds is 7. The first kappa shape index (κ1) is 14.1. The van der Waals surface area contributed by atoms with E-state index in [9.17, 15) is 14.9 Å². The zero-order chi connectivity index (χ0) is 13.4. The average molecular weight is 252 g/mol. The van der Waals surface area contributed by atoms with Crippen molar-refractivity contribution in [3.05, 3.63) is 39.9 Å². The minimum Gasteiger partial charge on any atom is -0.466 e. The van der Waals surface area contributed by atoms with Crippen LogP contribution in [0.15, 0.2) is 24.3 Å². The Bertz CT molecular complexity index is 420. The van der Waals surface area contributed by atoms with Gasteiger partial charge >= 0.3 is 5.97 Å². The van der Waals surface area contributed by atoms with Gasteiger partial charge in [0.05, 0.1) is 18.0 Å². The summed E-state index contributed by atoms with van der Waals surface area (Å²) in [6.07, 6.45) is 0.294. The molecule has 0 fully saturated rings. The number of nitrogens with zero attached hydrogens (tertiary/aromatic N) is 1. The number of carbonyl (C=O) groups is 1. The normalized spacial score (nSPS) is 10.1. The monoisotopic (exact) mass is 252 g/mol. The van der Waals surface area contributed by atoms with Gasteiger partial charge in [0.15, 0.2) is 0 Å². The molecule has 0 aromatic heterocycles. The summed E-state index contributed by atoms with van der Waals surface area (Å²) in [5, 5.41) is 13.6. The third-order valence-electron chi connectivity index (χ3n) is 2.26. The first-order chi connectivity index (χ1) is 8.63. The first-order valence-corrected chi connectivity index (χ1v) is 5.73. The lowest BCUT2D eigenvalue weighted by Crippen LogP contribution is -2.19. The quantitative estimate of drug-likeness (QED) is 0.345. The lowest BCUT2D eigenvalue weighted by Gasteiger charge is -2.04. The second-order valence-electron chi connectivity index (χ2n) is 3.66. The highest BCUT2D eigenvalue weighted by Crippen LogP contribution is 2.12. The zero-order valence-corrected chi connectivity index (χ0v) is 10.2. The van der Waals surface area contributed by atoms with E-state index in [1.165, 1.54) is 12.1 Å². The van der Waals surface area contributed by atoms with Gasteiger partial charge in [0.1, 0.15) is 0 Å². The molecule has 0 bridgehead atoms. The van der Waals surface area contributed by atoms with Crippen molar-refractivity contribution in [3.63, 3.8) is 0 Å². The van der Waals surface area contributed by atoms with E-state index >= 15 is 0 Å². The summed E-state index contributed by atoms with van der Waals surface area (Å²) in [6, 6.07) is 6.39. The maximum Gasteiger partial charge on any atom is 0.307 e. The molecule has 0 aliphatic heterocycles. The molecule has 0 saturated heterocycles. The minimum absolute atomic E-state index is 0.0692. The zero-order valence-electron chi connectivity index (χ0n) is 10.2. The number of nitrogens with one attached hydrogen (secondary N) is 1. The summed E-state index contributed by atoms with van der Waals surface area (Å²) < 4.78 is 4.78. The van der Waals surface area contributed by atoms with Crippen LogP contribution < -0.4 is 5.32 Å². The van der Waals surface area contributed by atoms with Gasteiger partial charge in [-0.1, -0.05) is 12.1 Å². The smallest absolute Gasteiger partial charge is 0.307 e. The van der Waals surface area contributed by atoms with Gasteiger partial charge in [0.2, 0.25) is 0 Å². The molecule has 1 aromatic carbocycles. The van der Waals surface area contributed by atoms with Crippen molar-refractivity contribution in [2.45, 2.75) is 19.9 Å². The summed E-state index contributed by atoms with van der Waals surface area (Å²) in [5.41, 5.74) is 0.882. The highest BCUT2D eigenvalue weighted by atomic mass is 16.6. The fourth-order valence-corrected chi connectivity index (χ4v) is 1.44. The van der Waals surface area contributed by atoms with Gasteiger partial charge in [-0.15, -0.1) is 0 Å². The SMILES string of the molecule is CCOC(=O)CCNCc1cccc([N+](=O)[O-])c1. The summed E-state index contributed by atoms with van der Waals surface area (Å²) in [4.78, 5) is 21.2. The van der Waals surface area contributed by atoms with Crippen LogP contribution in [0.3, 0.4) is 0 Å². The maximum absolute atomic E-state index is 11.0. The van der Waals surface area contributed by atoms with Gasteiger partial charge in [-0.05, 0) is 12.5 Å². The molecule has 0 heterocycles. The van der Waals surface area contributed by atoms with Crippen LogP contribution in [0.1, 0.15) is 18.9 Å².